The van der Waals surface area contributed by atoms with Gasteiger partial charge in [-0.15, -0.1) is 12.4 Å². The van der Waals surface area contributed by atoms with Crippen LogP contribution in [0.15, 0.2) is 42.5 Å². The Balaban J connectivity index is 0.00000180. The molecule has 0 amide bonds. The number of aromatic amines is 2. The zero-order valence-electron chi connectivity index (χ0n) is 18.9. The Kier molecular flexibility index (Phi) is 8.52. The van der Waals surface area contributed by atoms with Gasteiger partial charge in [0, 0.05) is 51.7 Å². The fourth-order valence-corrected chi connectivity index (χ4v) is 4.10. The zero-order valence-corrected chi connectivity index (χ0v) is 20.8. The zero-order chi connectivity index (χ0) is 23.7. The van der Waals surface area contributed by atoms with Gasteiger partial charge in [-0.2, -0.15) is 0 Å². The van der Waals surface area contributed by atoms with Gasteiger partial charge in [-0.25, -0.2) is 9.97 Å². The number of aliphatic carboxylic acids is 2. The van der Waals surface area contributed by atoms with E-state index in [0.29, 0.717) is 24.2 Å². The molecule has 0 fully saturated rings. The number of carboxylic acids is 2. The van der Waals surface area contributed by atoms with Crippen molar-refractivity contribution in [3.63, 3.8) is 0 Å². The third kappa shape index (κ3) is 6.31. The molecule has 5 heterocycles. The number of carbonyl (C=O) groups is 2. The Morgan fingerprint density at radius 1 is 0.750 bits per heavy atom. The van der Waals surface area contributed by atoms with Crippen LogP contribution in [-0.4, -0.2) is 42.1 Å². The molecule has 1 radical (unpaired) electrons. The summed E-state index contributed by atoms with van der Waals surface area (Å²) in [5.41, 5.74) is 7.98. The summed E-state index contributed by atoms with van der Waals surface area (Å²) in [7, 11) is 0. The van der Waals surface area contributed by atoms with Gasteiger partial charge in [-0.05, 0) is 84.7 Å². The van der Waals surface area contributed by atoms with Crippen LogP contribution >= 0.6 is 12.4 Å². The molecule has 0 unspecified atom stereocenters. The smallest absolute Gasteiger partial charge is 0.303 e. The van der Waals surface area contributed by atoms with Crippen molar-refractivity contribution in [3.8, 4) is 0 Å². The fraction of sp³-hybridized carbons (Fsp3) is 0.154. The Bertz CT molecular complexity index is 1540. The summed E-state index contributed by atoms with van der Waals surface area (Å²) in [6, 6.07) is 13.5. The van der Waals surface area contributed by atoms with Gasteiger partial charge in [-0.3, -0.25) is 9.59 Å². The monoisotopic (exact) mass is 549 g/mol. The number of nitrogens with one attached hydrogen (secondary N) is 2. The second kappa shape index (κ2) is 11.4. The van der Waals surface area contributed by atoms with Crippen LogP contribution in [0.25, 0.3) is 45.9 Å². The molecular weight excluding hydrogens is 527 g/mol. The van der Waals surface area contributed by atoms with E-state index < -0.39 is 11.9 Å². The molecule has 0 aliphatic carbocycles. The average Bonchev–Trinajstić information content (AvgIpc) is 3.55. The van der Waals surface area contributed by atoms with E-state index in [2.05, 4.69) is 15.0 Å². The molecule has 4 N–H and O–H groups in total. The number of rotatable bonds is 6. The molecule has 0 aromatic carbocycles. The normalized spacial score (nSPS) is 11.8. The number of fused-ring (bicyclic) bond motifs is 8. The van der Waals surface area contributed by atoms with E-state index in [9.17, 15) is 19.8 Å². The number of hydrogen-bond donors (Lipinski definition) is 4. The molecule has 2 aliphatic rings. The Hall–Kier alpha value is -3.66. The molecule has 0 spiro atoms. The number of carboxylic acid groups (broad SMARTS) is 2. The van der Waals surface area contributed by atoms with E-state index >= 15 is 0 Å². The van der Waals surface area contributed by atoms with E-state index in [1.807, 2.05) is 60.7 Å². The maximum atomic E-state index is 11.2. The Labute approximate surface area is 222 Å². The minimum Gasteiger partial charge on any atom is -0.481 e. The molecule has 10 heteroatoms. The summed E-state index contributed by atoms with van der Waals surface area (Å²) in [6.45, 7) is 0. The van der Waals surface area contributed by atoms with E-state index in [1.54, 1.807) is 0 Å². The SMILES string of the molecule is Cl.O=C(O)CCC1=Cc2cc3ccc(cc4nc(cc5cc(CCC(=O)O)c(cc1n2)[nH]5)C=C4)[nH]3.[Co]. The number of hydrogen-bond acceptors (Lipinski definition) is 4. The first-order chi connectivity index (χ1) is 16.4. The van der Waals surface area contributed by atoms with Crippen LogP contribution in [0.3, 0.4) is 0 Å². The van der Waals surface area contributed by atoms with Gasteiger partial charge in [0.15, 0.2) is 0 Å². The molecule has 5 rings (SSSR count). The van der Waals surface area contributed by atoms with Crippen LogP contribution in [0.1, 0.15) is 47.6 Å². The molecule has 8 bridgehead atoms. The molecule has 2 aliphatic heterocycles. The van der Waals surface area contributed by atoms with Crippen molar-refractivity contribution in [3.05, 3.63) is 70.8 Å². The molecule has 187 valence electrons. The van der Waals surface area contributed by atoms with Crippen LogP contribution in [0.4, 0.5) is 0 Å². The summed E-state index contributed by atoms with van der Waals surface area (Å²) >= 11 is 0. The number of aryl methyl sites for hydroxylation is 1. The number of nitrogens with zero attached hydrogens (tertiary/aromatic N) is 2. The fourth-order valence-electron chi connectivity index (χ4n) is 4.10. The Morgan fingerprint density at radius 2 is 1.36 bits per heavy atom. The first-order valence-electron chi connectivity index (χ1n) is 10.9. The second-order valence-electron chi connectivity index (χ2n) is 8.28. The van der Waals surface area contributed by atoms with E-state index in [1.165, 1.54) is 0 Å². The second-order valence-corrected chi connectivity index (χ2v) is 8.28. The summed E-state index contributed by atoms with van der Waals surface area (Å²) in [5, 5.41) is 18.4. The van der Waals surface area contributed by atoms with Crippen LogP contribution < -0.4 is 0 Å². The minimum absolute atomic E-state index is 0. The first kappa shape index (κ1) is 26.9. The average molecular weight is 550 g/mol. The van der Waals surface area contributed by atoms with Crippen molar-refractivity contribution in [2.75, 3.05) is 0 Å². The standard InChI is InChI=1S/C26H22N4O4.ClH.Co/c31-25(32)7-1-15-9-21-12-19-5-3-17(27-19)11-18-4-6-20(28-18)13-22-10-16(2-8-26(33)34)24(30-22)14-23(15)29-21;;/h3-6,9-14,27,30H,1-2,7-8H2,(H,31,32)(H,33,34);1H;. The minimum atomic E-state index is -0.874. The predicted octanol–water partition coefficient (Wildman–Crippen LogP) is 5.33. The van der Waals surface area contributed by atoms with Crippen molar-refractivity contribution < 1.29 is 36.6 Å². The number of H-pyrrole nitrogens is 2. The van der Waals surface area contributed by atoms with E-state index in [4.69, 9.17) is 4.98 Å². The summed E-state index contributed by atoms with van der Waals surface area (Å²) in [4.78, 5) is 38.5. The third-order valence-electron chi connectivity index (χ3n) is 5.68. The molecule has 0 saturated carbocycles. The van der Waals surface area contributed by atoms with Gasteiger partial charge in [0.2, 0.25) is 0 Å². The largest absolute Gasteiger partial charge is 0.481 e. The molecule has 3 aromatic heterocycles. The van der Waals surface area contributed by atoms with Crippen molar-refractivity contribution in [1.82, 2.24) is 19.9 Å². The number of halogens is 1. The molecular formula is C26H23ClCoN4O4. The Morgan fingerprint density at radius 3 is 2.03 bits per heavy atom. The van der Waals surface area contributed by atoms with Crippen molar-refractivity contribution >= 4 is 70.2 Å². The van der Waals surface area contributed by atoms with Crippen LogP contribution in [0.5, 0.6) is 0 Å². The molecule has 36 heavy (non-hydrogen) atoms. The van der Waals surface area contributed by atoms with Gasteiger partial charge in [0.1, 0.15) is 0 Å². The van der Waals surface area contributed by atoms with Crippen LogP contribution in [-0.2, 0) is 32.8 Å². The van der Waals surface area contributed by atoms with Crippen LogP contribution in [0.2, 0.25) is 0 Å². The van der Waals surface area contributed by atoms with Gasteiger partial charge in [-0.1, -0.05) is 0 Å². The number of aromatic nitrogens is 4. The van der Waals surface area contributed by atoms with Crippen LogP contribution in [0, 0.1) is 0 Å². The quantitative estimate of drug-likeness (QED) is 0.257. The maximum Gasteiger partial charge on any atom is 0.303 e. The molecule has 0 saturated heterocycles. The van der Waals surface area contributed by atoms with E-state index in [-0.39, 0.29) is 42.0 Å². The summed E-state index contributed by atoms with van der Waals surface area (Å²) in [5.74, 6) is -1.74. The molecule has 8 nitrogen and oxygen atoms in total. The van der Waals surface area contributed by atoms with E-state index in [0.717, 1.165) is 44.6 Å². The number of allylic oxidation sites excluding steroid dienone is 1. The van der Waals surface area contributed by atoms with Gasteiger partial charge in [0.05, 0.1) is 22.8 Å². The molecule has 3 aromatic rings. The topological polar surface area (TPSA) is 132 Å². The third-order valence-corrected chi connectivity index (χ3v) is 5.68. The van der Waals surface area contributed by atoms with Gasteiger partial charge < -0.3 is 20.2 Å². The first-order valence-corrected chi connectivity index (χ1v) is 10.9. The van der Waals surface area contributed by atoms with Gasteiger partial charge in [0.25, 0.3) is 0 Å². The predicted molar refractivity (Wildman–Crippen MR) is 138 cm³/mol. The maximum absolute atomic E-state index is 11.2. The van der Waals surface area contributed by atoms with Crippen molar-refractivity contribution in [1.29, 1.82) is 0 Å². The summed E-state index contributed by atoms with van der Waals surface area (Å²) in [6.07, 6.45) is 6.46. The van der Waals surface area contributed by atoms with Crippen molar-refractivity contribution in [2.45, 2.75) is 25.7 Å². The van der Waals surface area contributed by atoms with Crippen molar-refractivity contribution in [2.24, 2.45) is 0 Å². The summed E-state index contributed by atoms with van der Waals surface area (Å²) < 4.78 is 0. The molecule has 0 atom stereocenters. The van der Waals surface area contributed by atoms with Gasteiger partial charge >= 0.3 is 11.9 Å².